The van der Waals surface area contributed by atoms with Gasteiger partial charge in [-0.1, -0.05) is 0 Å². The minimum absolute atomic E-state index is 0.129. The molecule has 0 saturated heterocycles. The number of rotatable bonds is 3. The minimum atomic E-state index is 0.129. The Morgan fingerprint density at radius 1 is 1.29 bits per heavy atom. The van der Waals surface area contributed by atoms with Gasteiger partial charge in [-0.3, -0.25) is 0 Å². The largest absolute Gasteiger partial charge is 0.360 e. The summed E-state index contributed by atoms with van der Waals surface area (Å²) in [6, 6.07) is 0.129. The highest BCUT2D eigenvalue weighted by molar-refractivity contribution is 5.48. The highest BCUT2D eigenvalue weighted by Crippen LogP contribution is 2.27. The summed E-state index contributed by atoms with van der Waals surface area (Å²) in [5.41, 5.74) is 2.46. The Bertz CT molecular complexity index is 506. The van der Waals surface area contributed by atoms with Gasteiger partial charge in [0, 0.05) is 23.7 Å². The summed E-state index contributed by atoms with van der Waals surface area (Å²) in [4.78, 5) is 16.0. The average molecular weight is 229 g/mol. The van der Waals surface area contributed by atoms with E-state index in [1.54, 1.807) is 12.5 Å². The molecule has 3 rings (SSSR count). The zero-order valence-electron chi connectivity index (χ0n) is 9.77. The molecule has 0 fully saturated rings. The molecule has 2 aromatic heterocycles. The summed E-state index contributed by atoms with van der Waals surface area (Å²) in [5, 5.41) is 3.40. The van der Waals surface area contributed by atoms with Crippen molar-refractivity contribution in [3.05, 3.63) is 35.8 Å². The lowest BCUT2D eigenvalue weighted by molar-refractivity contribution is 0.798. The van der Waals surface area contributed by atoms with Crippen LogP contribution in [0, 0.1) is 0 Å². The highest BCUT2D eigenvalue weighted by Gasteiger charge is 2.18. The number of aromatic nitrogens is 4. The number of hydrogen-bond acceptors (Lipinski definition) is 4. The van der Waals surface area contributed by atoms with E-state index in [4.69, 9.17) is 0 Å². The molecule has 1 aliphatic rings. The molecule has 1 aliphatic carbocycles. The van der Waals surface area contributed by atoms with E-state index in [1.807, 2.05) is 6.20 Å². The van der Waals surface area contributed by atoms with Crippen molar-refractivity contribution in [3.8, 4) is 0 Å². The second-order valence-corrected chi connectivity index (χ2v) is 4.34. The van der Waals surface area contributed by atoms with Crippen LogP contribution in [0.25, 0.3) is 0 Å². The number of imidazole rings is 1. The van der Waals surface area contributed by atoms with Crippen LogP contribution in [0.2, 0.25) is 0 Å². The lowest BCUT2D eigenvalue weighted by Crippen LogP contribution is -2.11. The molecule has 5 nitrogen and oxygen atoms in total. The quantitative estimate of drug-likeness (QED) is 0.843. The van der Waals surface area contributed by atoms with Crippen LogP contribution >= 0.6 is 0 Å². The summed E-state index contributed by atoms with van der Waals surface area (Å²) in [6.07, 6.45) is 8.56. The molecular weight excluding hydrogens is 214 g/mol. The second kappa shape index (κ2) is 4.16. The number of nitrogens with zero attached hydrogens (tertiary/aromatic N) is 3. The van der Waals surface area contributed by atoms with Gasteiger partial charge < -0.3 is 10.3 Å². The molecule has 0 aromatic carbocycles. The van der Waals surface area contributed by atoms with Crippen molar-refractivity contribution in [2.75, 3.05) is 5.32 Å². The third-order valence-electron chi connectivity index (χ3n) is 3.16. The van der Waals surface area contributed by atoms with Crippen molar-refractivity contribution in [1.82, 2.24) is 19.9 Å². The van der Waals surface area contributed by atoms with Gasteiger partial charge >= 0.3 is 0 Å². The van der Waals surface area contributed by atoms with Gasteiger partial charge in [-0.05, 0) is 26.2 Å². The number of aryl methyl sites for hydroxylation is 1. The second-order valence-electron chi connectivity index (χ2n) is 4.34. The molecular formula is C12H15N5. The smallest absolute Gasteiger partial charge is 0.133 e. The number of H-pyrrole nitrogens is 1. The van der Waals surface area contributed by atoms with E-state index in [0.717, 1.165) is 24.5 Å². The molecule has 0 bridgehead atoms. The van der Waals surface area contributed by atoms with Crippen LogP contribution in [0.5, 0.6) is 0 Å². The molecule has 0 saturated carbocycles. The Hall–Kier alpha value is -1.91. The number of aromatic amines is 1. The molecule has 1 unspecified atom stereocenters. The van der Waals surface area contributed by atoms with E-state index in [2.05, 4.69) is 32.2 Å². The zero-order valence-corrected chi connectivity index (χ0v) is 9.77. The standard InChI is InChI=1S/C12H15N5/c1-8(11-13-5-6-14-11)17-12-9-3-2-4-10(9)15-7-16-12/h5-8H,2-4H2,1H3,(H,13,14)(H,15,16,17). The Kier molecular flexibility index (Phi) is 2.51. The van der Waals surface area contributed by atoms with Crippen LogP contribution < -0.4 is 5.32 Å². The molecule has 2 heterocycles. The van der Waals surface area contributed by atoms with E-state index in [9.17, 15) is 0 Å². The number of nitrogens with one attached hydrogen (secondary N) is 2. The van der Waals surface area contributed by atoms with Gasteiger partial charge in [-0.2, -0.15) is 0 Å². The molecule has 2 N–H and O–H groups in total. The van der Waals surface area contributed by atoms with Crippen molar-refractivity contribution in [2.45, 2.75) is 32.2 Å². The first-order valence-electron chi connectivity index (χ1n) is 5.93. The van der Waals surface area contributed by atoms with E-state index in [1.165, 1.54) is 17.7 Å². The fourth-order valence-electron chi connectivity index (χ4n) is 2.27. The summed E-state index contributed by atoms with van der Waals surface area (Å²) in [7, 11) is 0. The Labute approximate surface area is 99.7 Å². The Balaban J connectivity index is 1.84. The van der Waals surface area contributed by atoms with Crippen LogP contribution in [-0.4, -0.2) is 19.9 Å². The normalized spacial score (nSPS) is 15.6. The van der Waals surface area contributed by atoms with Gasteiger partial charge in [-0.25, -0.2) is 15.0 Å². The van der Waals surface area contributed by atoms with E-state index >= 15 is 0 Å². The maximum Gasteiger partial charge on any atom is 0.133 e. The van der Waals surface area contributed by atoms with Gasteiger partial charge in [0.1, 0.15) is 18.0 Å². The topological polar surface area (TPSA) is 66.5 Å². The maximum atomic E-state index is 4.34. The van der Waals surface area contributed by atoms with E-state index in [-0.39, 0.29) is 6.04 Å². The third-order valence-corrected chi connectivity index (χ3v) is 3.16. The number of fused-ring (bicyclic) bond motifs is 1. The molecule has 2 aromatic rings. The molecule has 17 heavy (non-hydrogen) atoms. The fraction of sp³-hybridized carbons (Fsp3) is 0.417. The van der Waals surface area contributed by atoms with Gasteiger partial charge in [0.25, 0.3) is 0 Å². The molecule has 0 radical (unpaired) electrons. The molecule has 1 atom stereocenters. The Morgan fingerprint density at radius 3 is 3.06 bits per heavy atom. The number of anilines is 1. The molecule has 88 valence electrons. The zero-order chi connectivity index (χ0) is 11.7. The summed E-state index contributed by atoms with van der Waals surface area (Å²) in [5.74, 6) is 1.88. The third kappa shape index (κ3) is 1.88. The molecule has 0 spiro atoms. The summed E-state index contributed by atoms with van der Waals surface area (Å²) >= 11 is 0. The predicted molar refractivity (Wildman–Crippen MR) is 64.7 cm³/mol. The molecule has 0 aliphatic heterocycles. The monoisotopic (exact) mass is 229 g/mol. The van der Waals surface area contributed by atoms with Gasteiger partial charge in [-0.15, -0.1) is 0 Å². The van der Waals surface area contributed by atoms with Crippen LogP contribution in [0.15, 0.2) is 18.7 Å². The fourth-order valence-corrected chi connectivity index (χ4v) is 2.27. The van der Waals surface area contributed by atoms with Gasteiger partial charge in [0.2, 0.25) is 0 Å². The lowest BCUT2D eigenvalue weighted by atomic mass is 10.2. The van der Waals surface area contributed by atoms with Crippen LogP contribution in [0.3, 0.4) is 0 Å². The van der Waals surface area contributed by atoms with E-state index < -0.39 is 0 Å². The first kappa shape index (κ1) is 10.3. The number of hydrogen-bond donors (Lipinski definition) is 2. The summed E-state index contributed by atoms with van der Waals surface area (Å²) < 4.78 is 0. The average Bonchev–Trinajstić information content (AvgIpc) is 3.00. The first-order chi connectivity index (χ1) is 8.34. The minimum Gasteiger partial charge on any atom is -0.360 e. The first-order valence-corrected chi connectivity index (χ1v) is 5.93. The van der Waals surface area contributed by atoms with Crippen molar-refractivity contribution in [2.24, 2.45) is 0 Å². The molecule has 5 heteroatoms. The van der Waals surface area contributed by atoms with Gasteiger partial charge in [0.15, 0.2) is 0 Å². The maximum absolute atomic E-state index is 4.34. The van der Waals surface area contributed by atoms with Crippen molar-refractivity contribution in [3.63, 3.8) is 0 Å². The summed E-state index contributed by atoms with van der Waals surface area (Å²) in [6.45, 7) is 2.07. The van der Waals surface area contributed by atoms with Crippen molar-refractivity contribution >= 4 is 5.82 Å². The van der Waals surface area contributed by atoms with Crippen LogP contribution in [0.1, 0.15) is 36.5 Å². The lowest BCUT2D eigenvalue weighted by Gasteiger charge is -2.14. The van der Waals surface area contributed by atoms with Crippen LogP contribution in [0.4, 0.5) is 5.82 Å². The SMILES string of the molecule is CC(Nc1ncnc2c1CCC2)c1ncc[nH]1. The predicted octanol–water partition coefficient (Wildman–Crippen LogP) is 1.86. The van der Waals surface area contributed by atoms with Gasteiger partial charge in [0.05, 0.1) is 6.04 Å². The molecule has 0 amide bonds. The van der Waals surface area contributed by atoms with Crippen molar-refractivity contribution < 1.29 is 0 Å². The Morgan fingerprint density at radius 2 is 2.24 bits per heavy atom. The highest BCUT2D eigenvalue weighted by atomic mass is 15.1. The van der Waals surface area contributed by atoms with E-state index in [0.29, 0.717) is 0 Å². The van der Waals surface area contributed by atoms with Crippen LogP contribution in [-0.2, 0) is 12.8 Å². The van der Waals surface area contributed by atoms with Crippen molar-refractivity contribution in [1.29, 1.82) is 0 Å².